The van der Waals surface area contributed by atoms with Gasteiger partial charge in [-0.15, -0.1) is 0 Å². The quantitative estimate of drug-likeness (QED) is 0.673. The summed E-state index contributed by atoms with van der Waals surface area (Å²) >= 11 is 0. The zero-order chi connectivity index (χ0) is 23.3. The Balaban J connectivity index is 1.59. The summed E-state index contributed by atoms with van der Waals surface area (Å²) in [5, 5.41) is 13.2. The van der Waals surface area contributed by atoms with E-state index in [1.165, 1.54) is 11.0 Å². The molecule has 0 radical (unpaired) electrons. The van der Waals surface area contributed by atoms with Crippen molar-refractivity contribution in [1.29, 1.82) is 5.26 Å². The number of hydrogen-bond donors (Lipinski definition) is 2. The predicted octanol–water partition coefficient (Wildman–Crippen LogP) is 1.51. The summed E-state index contributed by atoms with van der Waals surface area (Å²) in [5.74, 6) is -0.853. The van der Waals surface area contributed by atoms with Gasteiger partial charge in [0.1, 0.15) is 5.54 Å². The first-order valence-corrected chi connectivity index (χ1v) is 11.7. The molecule has 1 aromatic carbocycles. The van der Waals surface area contributed by atoms with E-state index >= 15 is 0 Å². The molecule has 2 atom stereocenters. The molecule has 2 amide bonds. The van der Waals surface area contributed by atoms with Crippen LogP contribution >= 0.6 is 0 Å². The zero-order valence-electron chi connectivity index (χ0n) is 16.9. The van der Waals surface area contributed by atoms with Crippen LogP contribution in [0.1, 0.15) is 37.7 Å². The number of nitrogens with one attached hydrogen (secondary N) is 2. The summed E-state index contributed by atoms with van der Waals surface area (Å²) < 4.78 is 67.6. The van der Waals surface area contributed by atoms with Crippen LogP contribution in [0.2, 0.25) is 0 Å². The van der Waals surface area contributed by atoms with E-state index in [9.17, 15) is 31.2 Å². The Kier molecular flexibility index (Phi) is 5.45. The Hall–Kier alpha value is -2.65. The number of amides is 2. The first-order valence-electron chi connectivity index (χ1n) is 10.2. The van der Waals surface area contributed by atoms with Crippen molar-refractivity contribution in [1.82, 2.24) is 10.6 Å². The molecule has 2 N–H and O–H groups in total. The Labute approximate surface area is 182 Å². The molecule has 0 bridgehead atoms. The maximum absolute atomic E-state index is 13.8. The van der Waals surface area contributed by atoms with Crippen molar-refractivity contribution < 1.29 is 31.2 Å². The molecule has 4 rings (SSSR count). The summed E-state index contributed by atoms with van der Waals surface area (Å²) in [6.45, 7) is 0.0827. The maximum Gasteiger partial charge on any atom is 0.417 e. The van der Waals surface area contributed by atoms with Crippen molar-refractivity contribution >= 4 is 27.3 Å². The van der Waals surface area contributed by atoms with Crippen LogP contribution in [0.25, 0.3) is 0 Å². The van der Waals surface area contributed by atoms with Gasteiger partial charge < -0.3 is 15.5 Å². The van der Waals surface area contributed by atoms with E-state index in [0.29, 0.717) is 25.3 Å². The number of benzene rings is 1. The van der Waals surface area contributed by atoms with Crippen molar-refractivity contribution in [2.75, 3.05) is 18.0 Å². The van der Waals surface area contributed by atoms with Crippen LogP contribution in [0.5, 0.6) is 0 Å². The van der Waals surface area contributed by atoms with Gasteiger partial charge in [-0.1, -0.05) is 0 Å². The Morgan fingerprint density at radius 1 is 1.31 bits per heavy atom. The summed E-state index contributed by atoms with van der Waals surface area (Å²) in [5.41, 5.74) is -2.25. The Morgan fingerprint density at radius 3 is 2.59 bits per heavy atom. The fraction of sp³-hybridized carbons (Fsp3) is 0.550. The first-order chi connectivity index (χ1) is 15.0. The fourth-order valence-electron chi connectivity index (χ4n) is 4.11. The molecule has 32 heavy (non-hydrogen) atoms. The normalized spacial score (nSPS) is 24.9. The van der Waals surface area contributed by atoms with Gasteiger partial charge in [-0.2, -0.15) is 18.4 Å². The summed E-state index contributed by atoms with van der Waals surface area (Å²) in [7, 11) is -4.44. The number of halogens is 3. The molecule has 1 aliphatic carbocycles. The highest BCUT2D eigenvalue weighted by atomic mass is 32.2. The summed E-state index contributed by atoms with van der Waals surface area (Å²) in [6.07, 6.45) is -3.40. The molecule has 12 heteroatoms. The van der Waals surface area contributed by atoms with Crippen molar-refractivity contribution in [3.63, 3.8) is 0 Å². The second-order valence-corrected chi connectivity index (χ2v) is 10.6. The van der Waals surface area contributed by atoms with E-state index in [4.69, 9.17) is 5.26 Å². The minimum Gasteiger partial charge on any atom is -0.336 e. The van der Waals surface area contributed by atoms with E-state index in [-0.39, 0.29) is 37.5 Å². The molecular weight excluding hydrogens is 449 g/mol. The van der Waals surface area contributed by atoms with Crippen molar-refractivity contribution in [2.45, 2.75) is 60.0 Å². The molecule has 2 heterocycles. The lowest BCUT2D eigenvalue weighted by molar-refractivity contribution is -0.140. The highest BCUT2D eigenvalue weighted by molar-refractivity contribution is 7.92. The monoisotopic (exact) mass is 470 g/mol. The van der Waals surface area contributed by atoms with Crippen molar-refractivity contribution in [3.05, 3.63) is 23.8 Å². The molecule has 8 nitrogen and oxygen atoms in total. The second-order valence-electron chi connectivity index (χ2n) is 8.37. The minimum atomic E-state index is -4.95. The number of rotatable bonds is 5. The van der Waals surface area contributed by atoms with E-state index in [2.05, 4.69) is 10.6 Å². The van der Waals surface area contributed by atoms with Gasteiger partial charge in [-0.3, -0.25) is 9.59 Å². The third kappa shape index (κ3) is 4.06. The van der Waals surface area contributed by atoms with Crippen LogP contribution in [-0.2, 0) is 25.6 Å². The zero-order valence-corrected chi connectivity index (χ0v) is 17.7. The molecule has 0 spiro atoms. The lowest BCUT2D eigenvalue weighted by Crippen LogP contribution is -2.45. The van der Waals surface area contributed by atoms with Crippen LogP contribution in [0.3, 0.4) is 0 Å². The van der Waals surface area contributed by atoms with Crippen LogP contribution in [0.4, 0.5) is 18.9 Å². The number of nitriles is 1. The Morgan fingerprint density at radius 2 is 2.03 bits per heavy atom. The van der Waals surface area contributed by atoms with Gasteiger partial charge in [0.25, 0.3) is 0 Å². The van der Waals surface area contributed by atoms with Crippen LogP contribution in [-0.4, -0.2) is 50.2 Å². The molecular formula is C20H21F3N4O4S. The lowest BCUT2D eigenvalue weighted by Gasteiger charge is -2.21. The van der Waals surface area contributed by atoms with Gasteiger partial charge >= 0.3 is 6.18 Å². The van der Waals surface area contributed by atoms with E-state index in [1.54, 1.807) is 0 Å². The number of alkyl halides is 3. The number of nitrogens with zero attached hydrogens (tertiary/aromatic N) is 2. The third-order valence-electron chi connectivity index (χ3n) is 6.13. The highest BCUT2D eigenvalue weighted by Gasteiger charge is 2.48. The van der Waals surface area contributed by atoms with E-state index in [0.717, 1.165) is 6.07 Å². The van der Waals surface area contributed by atoms with Gasteiger partial charge in [0.15, 0.2) is 9.84 Å². The first kappa shape index (κ1) is 22.5. The van der Waals surface area contributed by atoms with Gasteiger partial charge in [0.05, 0.1) is 27.8 Å². The van der Waals surface area contributed by atoms with Crippen molar-refractivity contribution in [3.8, 4) is 6.07 Å². The highest BCUT2D eigenvalue weighted by Crippen LogP contribution is 2.40. The van der Waals surface area contributed by atoms with Crippen molar-refractivity contribution in [2.24, 2.45) is 0 Å². The fourth-order valence-corrected chi connectivity index (χ4v) is 5.97. The largest absolute Gasteiger partial charge is 0.417 e. The second kappa shape index (κ2) is 7.74. The number of carbonyl (C=O) groups excluding carboxylic acids is 2. The molecule has 1 saturated carbocycles. The van der Waals surface area contributed by atoms with Crippen LogP contribution in [0, 0.1) is 11.3 Å². The van der Waals surface area contributed by atoms with Gasteiger partial charge in [0.2, 0.25) is 11.8 Å². The Bertz CT molecular complexity index is 1110. The lowest BCUT2D eigenvalue weighted by atomic mass is 10.1. The number of anilines is 1. The molecule has 1 aromatic rings. The van der Waals surface area contributed by atoms with E-state index < -0.39 is 49.2 Å². The third-order valence-corrected chi connectivity index (χ3v) is 8.34. The molecule has 0 aromatic heterocycles. The summed E-state index contributed by atoms with van der Waals surface area (Å²) in [4.78, 5) is 24.6. The van der Waals surface area contributed by atoms with Gasteiger partial charge in [0, 0.05) is 25.2 Å². The van der Waals surface area contributed by atoms with Crippen LogP contribution in [0.15, 0.2) is 23.1 Å². The molecule has 2 aliphatic heterocycles. The molecule has 172 valence electrons. The topological polar surface area (TPSA) is 119 Å². The average molecular weight is 470 g/mol. The number of carbonyl (C=O) groups is 2. The predicted molar refractivity (Wildman–Crippen MR) is 106 cm³/mol. The molecule has 1 unspecified atom stereocenters. The average Bonchev–Trinajstić information content (AvgIpc) is 3.13. The number of hydrogen-bond acceptors (Lipinski definition) is 6. The smallest absolute Gasteiger partial charge is 0.336 e. The summed E-state index contributed by atoms with van der Waals surface area (Å²) in [6, 6.07) is 3.88. The molecule has 2 saturated heterocycles. The standard InChI is InChI=1S/C20H21F3N4O4S/c21-20(22,23)14-8-12(27-7-1-2-17(27)28)3-4-16(14)32(30,31)13-9-15(25-10-13)18(29)26-19(11-24)5-6-19/h3-4,8,13,15,25H,1-2,5-7,9-10H2,(H,26,29)/t13?,15-/m0/s1. The van der Waals surface area contributed by atoms with Gasteiger partial charge in [-0.25, -0.2) is 8.42 Å². The SMILES string of the molecule is N#CC1(NC(=O)[C@@H]2CC(S(=O)(=O)c3ccc(N4CCCC4=O)cc3C(F)(F)F)CN2)CC1. The molecule has 3 aliphatic rings. The maximum atomic E-state index is 13.8. The number of sulfone groups is 1. The van der Waals surface area contributed by atoms with E-state index in [1.807, 2.05) is 6.07 Å². The van der Waals surface area contributed by atoms with Crippen LogP contribution < -0.4 is 15.5 Å². The minimum absolute atomic E-state index is 0.00631. The molecule has 3 fully saturated rings. The van der Waals surface area contributed by atoms with Gasteiger partial charge in [-0.05, 0) is 43.9 Å².